The van der Waals surface area contributed by atoms with Gasteiger partial charge in [0.1, 0.15) is 6.10 Å². The molecule has 0 heterocycles. The molecule has 0 unspecified atom stereocenters. The summed E-state index contributed by atoms with van der Waals surface area (Å²) in [6.45, 7) is 2.92. The van der Waals surface area contributed by atoms with Crippen molar-refractivity contribution in [3.63, 3.8) is 0 Å². The first-order valence-corrected chi connectivity index (χ1v) is 1.98. The summed E-state index contributed by atoms with van der Waals surface area (Å²) < 4.78 is 0. The van der Waals surface area contributed by atoms with Crippen LogP contribution in [0.1, 0.15) is 13.8 Å². The highest BCUT2D eigenvalue weighted by Gasteiger charge is 2.02. The highest BCUT2D eigenvalue weighted by atomic mass is 16.3. The van der Waals surface area contributed by atoms with Gasteiger partial charge in [0.05, 0.1) is 6.10 Å². The fourth-order valence-corrected chi connectivity index (χ4v) is 0. The van der Waals surface area contributed by atoms with E-state index in [-0.39, 0.29) is 0 Å². The van der Waals surface area contributed by atoms with Gasteiger partial charge in [0.15, 0.2) is 0 Å². The van der Waals surface area contributed by atoms with Crippen LogP contribution >= 0.6 is 0 Å². The zero-order valence-corrected chi connectivity index (χ0v) is 4.01. The Hall–Kier alpha value is -0.0800. The molecule has 1 N–H and O–H groups in total. The van der Waals surface area contributed by atoms with Gasteiger partial charge in [-0.25, -0.2) is 5.11 Å². The summed E-state index contributed by atoms with van der Waals surface area (Å²) in [6, 6.07) is 0. The fourth-order valence-electron chi connectivity index (χ4n) is 0. The number of hydrogen-bond donors (Lipinski definition) is 1. The van der Waals surface area contributed by atoms with Crippen LogP contribution in [0.25, 0.3) is 0 Å². The van der Waals surface area contributed by atoms with Crippen molar-refractivity contribution in [2.24, 2.45) is 0 Å². The Morgan fingerprint density at radius 3 is 1.67 bits per heavy atom. The molecule has 1 radical (unpaired) electrons. The Labute approximate surface area is 37.4 Å². The van der Waals surface area contributed by atoms with E-state index in [1.54, 1.807) is 0 Å². The lowest BCUT2D eigenvalue weighted by Gasteiger charge is -2.00. The van der Waals surface area contributed by atoms with E-state index in [0.717, 1.165) is 0 Å². The predicted octanol–water partition coefficient (Wildman–Crippen LogP) is 0.186. The molecule has 37 valence electrons. The molecule has 0 amide bonds. The van der Waals surface area contributed by atoms with Crippen LogP contribution in [0.5, 0.6) is 0 Å². The Morgan fingerprint density at radius 1 is 1.50 bits per heavy atom. The summed E-state index contributed by atoms with van der Waals surface area (Å²) in [5.41, 5.74) is 0. The molecule has 2 atom stereocenters. The molecular formula is C4H9O2. The van der Waals surface area contributed by atoms with Gasteiger partial charge in [0, 0.05) is 0 Å². The molecule has 2 heteroatoms. The van der Waals surface area contributed by atoms with Crippen molar-refractivity contribution in [2.45, 2.75) is 26.1 Å². The third-order valence-corrected chi connectivity index (χ3v) is 0.679. The Kier molecular flexibility index (Phi) is 2.13. The van der Waals surface area contributed by atoms with Crippen molar-refractivity contribution < 1.29 is 10.2 Å². The van der Waals surface area contributed by atoms with E-state index in [4.69, 9.17) is 5.11 Å². The largest absolute Gasteiger partial charge is 0.391 e. The van der Waals surface area contributed by atoms with E-state index in [0.29, 0.717) is 0 Å². The molecule has 0 aliphatic carbocycles. The van der Waals surface area contributed by atoms with Crippen LogP contribution in [-0.2, 0) is 5.11 Å². The average molecular weight is 89.1 g/mol. The van der Waals surface area contributed by atoms with Gasteiger partial charge in [-0.1, -0.05) is 0 Å². The minimum Gasteiger partial charge on any atom is -0.391 e. The average Bonchev–Trinajstić information content (AvgIpc) is 1.36. The lowest BCUT2D eigenvalue weighted by atomic mass is 10.3. The summed E-state index contributed by atoms with van der Waals surface area (Å²) in [7, 11) is 0. The van der Waals surface area contributed by atoms with E-state index < -0.39 is 12.2 Å². The standard InChI is InChI=1S/C4H9O2/c1-3(5)4(2)6/h3-5H,1-2H3/t3-,4+/m0/s1. The Balaban J connectivity index is 2.99. The van der Waals surface area contributed by atoms with Crippen molar-refractivity contribution in [1.29, 1.82) is 0 Å². The molecule has 0 aliphatic rings. The van der Waals surface area contributed by atoms with Crippen molar-refractivity contribution in [3.05, 3.63) is 0 Å². The summed E-state index contributed by atoms with van der Waals surface area (Å²) >= 11 is 0. The van der Waals surface area contributed by atoms with Gasteiger partial charge in [0.25, 0.3) is 0 Å². The smallest absolute Gasteiger partial charge is 0.116 e. The first-order chi connectivity index (χ1) is 2.64. The number of hydrogen-bond acceptors (Lipinski definition) is 1. The summed E-state index contributed by atoms with van der Waals surface area (Å²) in [6.07, 6.45) is -1.55. The normalized spacial score (nSPS) is 20.0. The van der Waals surface area contributed by atoms with Gasteiger partial charge in [-0.15, -0.1) is 0 Å². The molecule has 0 saturated carbocycles. The maximum atomic E-state index is 9.98. The monoisotopic (exact) mass is 89.1 g/mol. The molecule has 0 rings (SSSR count). The van der Waals surface area contributed by atoms with Gasteiger partial charge in [-0.3, -0.25) is 0 Å². The second kappa shape index (κ2) is 2.16. The highest BCUT2D eigenvalue weighted by molar-refractivity contribution is 4.50. The van der Waals surface area contributed by atoms with Crippen molar-refractivity contribution in [1.82, 2.24) is 0 Å². The minimum absolute atomic E-state index is 0.704. The topological polar surface area (TPSA) is 40.1 Å². The maximum absolute atomic E-state index is 9.98. The van der Waals surface area contributed by atoms with Gasteiger partial charge in [-0.05, 0) is 13.8 Å². The van der Waals surface area contributed by atoms with E-state index in [9.17, 15) is 5.11 Å². The number of rotatable bonds is 1. The van der Waals surface area contributed by atoms with E-state index in [1.807, 2.05) is 0 Å². The molecular weight excluding hydrogens is 80.0 g/mol. The maximum Gasteiger partial charge on any atom is 0.116 e. The van der Waals surface area contributed by atoms with Crippen LogP contribution in [0.3, 0.4) is 0 Å². The second-order valence-electron chi connectivity index (χ2n) is 1.45. The van der Waals surface area contributed by atoms with Gasteiger partial charge in [-0.2, -0.15) is 0 Å². The fraction of sp³-hybridized carbons (Fsp3) is 1.00. The second-order valence-corrected chi connectivity index (χ2v) is 1.45. The highest BCUT2D eigenvalue weighted by Crippen LogP contribution is 1.86. The number of aliphatic hydroxyl groups excluding tert-OH is 1. The molecule has 6 heavy (non-hydrogen) atoms. The zero-order chi connectivity index (χ0) is 5.15. The Bertz CT molecular complexity index is 26.5. The van der Waals surface area contributed by atoms with Crippen molar-refractivity contribution >= 4 is 0 Å². The lowest BCUT2D eigenvalue weighted by molar-refractivity contribution is -0.00321. The van der Waals surface area contributed by atoms with Gasteiger partial charge < -0.3 is 5.11 Å². The summed E-state index contributed by atoms with van der Waals surface area (Å²) in [5, 5.41) is 18.3. The molecule has 0 fully saturated rings. The zero-order valence-electron chi connectivity index (χ0n) is 4.01. The summed E-state index contributed by atoms with van der Waals surface area (Å²) in [4.78, 5) is 0. The lowest BCUT2D eigenvalue weighted by Crippen LogP contribution is -2.15. The molecule has 0 aromatic carbocycles. The van der Waals surface area contributed by atoms with Crippen LogP contribution < -0.4 is 0 Å². The van der Waals surface area contributed by atoms with Gasteiger partial charge in [0.2, 0.25) is 0 Å². The number of aliphatic hydroxyl groups is 1. The van der Waals surface area contributed by atoms with Crippen molar-refractivity contribution in [3.8, 4) is 0 Å². The molecule has 0 bridgehead atoms. The first-order valence-electron chi connectivity index (χ1n) is 1.98. The van der Waals surface area contributed by atoms with E-state index in [1.165, 1.54) is 13.8 Å². The molecule has 2 nitrogen and oxygen atoms in total. The summed E-state index contributed by atoms with van der Waals surface area (Å²) in [5.74, 6) is 0. The molecule has 0 spiro atoms. The molecule has 0 aromatic heterocycles. The van der Waals surface area contributed by atoms with Crippen molar-refractivity contribution in [2.75, 3.05) is 0 Å². The minimum atomic E-state index is -0.843. The van der Waals surface area contributed by atoms with Crippen LogP contribution in [0.4, 0.5) is 0 Å². The molecule has 0 aliphatic heterocycles. The van der Waals surface area contributed by atoms with Crippen LogP contribution in [0.2, 0.25) is 0 Å². The van der Waals surface area contributed by atoms with Crippen LogP contribution in [-0.4, -0.2) is 17.3 Å². The van der Waals surface area contributed by atoms with E-state index >= 15 is 0 Å². The third kappa shape index (κ3) is 2.18. The van der Waals surface area contributed by atoms with Gasteiger partial charge >= 0.3 is 0 Å². The SMILES string of the molecule is C[C@H](O)[C@@H](C)[O]. The third-order valence-electron chi connectivity index (χ3n) is 0.679. The van der Waals surface area contributed by atoms with Crippen LogP contribution in [0.15, 0.2) is 0 Å². The Morgan fingerprint density at radius 2 is 1.67 bits per heavy atom. The first kappa shape index (κ1) is 5.92. The van der Waals surface area contributed by atoms with E-state index in [2.05, 4.69) is 0 Å². The predicted molar refractivity (Wildman–Crippen MR) is 21.8 cm³/mol. The quantitative estimate of drug-likeness (QED) is 0.489. The molecule has 0 aromatic rings. The molecule has 0 saturated heterocycles. The van der Waals surface area contributed by atoms with Crippen LogP contribution in [0, 0.1) is 0 Å².